The average molecular weight is 811 g/mol. The first-order valence-electron chi connectivity index (χ1n) is 17.3. The Bertz CT molecular complexity index is 1930. The lowest BCUT2D eigenvalue weighted by Crippen LogP contribution is -2.19. The Morgan fingerprint density at radius 2 is 0.632 bits per heavy atom. The van der Waals surface area contributed by atoms with Crippen molar-refractivity contribution < 1.29 is 65.3 Å². The lowest BCUT2D eigenvalue weighted by Gasteiger charge is -2.24. The Labute approximate surface area is 334 Å². The first-order chi connectivity index (χ1) is 27.5. The fourth-order valence-electron chi connectivity index (χ4n) is 6.27. The predicted molar refractivity (Wildman–Crippen MR) is 217 cm³/mol. The zero-order chi connectivity index (χ0) is 41.9. The number of methoxy groups -OCH3 is 12. The molecule has 0 fully saturated rings. The maximum Gasteiger partial charge on any atom is 0.203 e. The van der Waals surface area contributed by atoms with E-state index in [0.717, 1.165) is 0 Å². The van der Waals surface area contributed by atoms with Crippen LogP contribution in [0.3, 0.4) is 0 Å². The maximum absolute atomic E-state index is 15.7. The summed E-state index contributed by atoms with van der Waals surface area (Å²) in [6, 6.07) is 13.0. The number of hydrogen-bond donors (Lipinski definition) is 0. The van der Waals surface area contributed by atoms with Gasteiger partial charge in [0.2, 0.25) is 11.5 Å². The molecular weight excluding hydrogens is 761 g/mol. The van der Waals surface area contributed by atoms with Gasteiger partial charge in [-0.1, -0.05) is 12.2 Å². The molecule has 15 heteroatoms. The number of ether oxygens (including phenoxy) is 12. The van der Waals surface area contributed by atoms with E-state index in [9.17, 15) is 0 Å². The fourth-order valence-corrected chi connectivity index (χ4v) is 8.21. The molecule has 0 saturated heterocycles. The van der Waals surface area contributed by atoms with Crippen LogP contribution in [0.1, 0.15) is 32.8 Å². The van der Waals surface area contributed by atoms with Crippen molar-refractivity contribution >= 4 is 22.0 Å². The lowest BCUT2D eigenvalue weighted by molar-refractivity contribution is 0.323. The van der Waals surface area contributed by atoms with Gasteiger partial charge in [0.05, 0.1) is 96.4 Å². The lowest BCUT2D eigenvalue weighted by atomic mass is 10.1. The summed E-state index contributed by atoms with van der Waals surface area (Å²) < 4.78 is 98.9. The molecule has 14 nitrogen and oxygen atoms in total. The minimum Gasteiger partial charge on any atom is -0.496 e. The highest BCUT2D eigenvalue weighted by Crippen LogP contribution is 2.48. The molecular formula is C42H50O14S. The SMILES string of the molecule is COc1cc(OC)c(C=CC(c2cc(OC)c(OC)c(OC)c2)S(=O)(=O)C(C=Cc2c(OC)cc(OC)cc2OC)c2cc(OC)c(OC)c(OC)c2)c(OC)c1. The Kier molecular flexibility index (Phi) is 15.1. The first kappa shape index (κ1) is 43.6. The topological polar surface area (TPSA) is 145 Å². The van der Waals surface area contributed by atoms with Crippen molar-refractivity contribution in [2.45, 2.75) is 10.5 Å². The van der Waals surface area contributed by atoms with E-state index in [1.165, 1.54) is 97.5 Å². The van der Waals surface area contributed by atoms with Gasteiger partial charge < -0.3 is 56.8 Å². The molecule has 0 aromatic heterocycles. The third-order valence-corrected chi connectivity index (χ3v) is 11.4. The largest absolute Gasteiger partial charge is 0.496 e. The van der Waals surface area contributed by atoms with Gasteiger partial charge in [0.1, 0.15) is 45.0 Å². The van der Waals surface area contributed by atoms with E-state index in [1.807, 2.05) is 0 Å². The molecule has 0 saturated carbocycles. The van der Waals surface area contributed by atoms with Crippen LogP contribution in [0.25, 0.3) is 12.2 Å². The zero-order valence-corrected chi connectivity index (χ0v) is 35.0. The molecule has 2 atom stereocenters. The summed E-state index contributed by atoms with van der Waals surface area (Å²) in [6.45, 7) is 0. The van der Waals surface area contributed by atoms with Crippen molar-refractivity contribution in [1.29, 1.82) is 0 Å². The van der Waals surface area contributed by atoms with Crippen LogP contribution in [0, 0.1) is 0 Å². The molecule has 0 N–H and O–H groups in total. The number of hydrogen-bond acceptors (Lipinski definition) is 14. The van der Waals surface area contributed by atoms with Crippen LogP contribution in [0.15, 0.2) is 60.7 Å². The first-order valence-corrected chi connectivity index (χ1v) is 18.9. The molecule has 0 amide bonds. The molecule has 4 rings (SSSR count). The van der Waals surface area contributed by atoms with Crippen molar-refractivity contribution in [2.75, 3.05) is 85.3 Å². The molecule has 0 radical (unpaired) electrons. The predicted octanol–water partition coefficient (Wildman–Crippen LogP) is 7.41. The van der Waals surface area contributed by atoms with Crippen LogP contribution >= 0.6 is 0 Å². The van der Waals surface area contributed by atoms with Crippen LogP contribution < -0.4 is 56.8 Å². The second kappa shape index (κ2) is 19.7. The van der Waals surface area contributed by atoms with Gasteiger partial charge in [0.15, 0.2) is 32.8 Å². The highest BCUT2D eigenvalue weighted by molar-refractivity contribution is 7.92. The summed E-state index contributed by atoms with van der Waals surface area (Å²) in [5, 5.41) is -2.78. The summed E-state index contributed by atoms with van der Waals surface area (Å²) in [4.78, 5) is 0. The van der Waals surface area contributed by atoms with E-state index in [4.69, 9.17) is 56.8 Å². The molecule has 4 aromatic rings. The summed E-state index contributed by atoms with van der Waals surface area (Å²) in [5.41, 5.74) is 1.50. The van der Waals surface area contributed by atoms with Crippen LogP contribution in [-0.4, -0.2) is 93.7 Å². The van der Waals surface area contributed by atoms with Crippen molar-refractivity contribution in [2.24, 2.45) is 0 Å². The Hall–Kier alpha value is -6.09. The summed E-state index contributed by atoms with van der Waals surface area (Å²) >= 11 is 0. The minimum atomic E-state index is -4.44. The van der Waals surface area contributed by atoms with Gasteiger partial charge in [0, 0.05) is 24.3 Å². The molecule has 0 aliphatic rings. The second-order valence-corrected chi connectivity index (χ2v) is 14.2. The third kappa shape index (κ3) is 9.15. The maximum atomic E-state index is 15.7. The third-order valence-electron chi connectivity index (χ3n) is 9.12. The minimum absolute atomic E-state index is 0.243. The Balaban J connectivity index is 2.14. The average Bonchev–Trinajstić information content (AvgIpc) is 3.24. The molecule has 0 heterocycles. The summed E-state index contributed by atoms with van der Waals surface area (Å²) in [7, 11) is 13.3. The van der Waals surface area contributed by atoms with Crippen LogP contribution in [0.2, 0.25) is 0 Å². The number of benzene rings is 4. The molecule has 308 valence electrons. The quantitative estimate of drug-likeness (QED) is 0.0873. The smallest absolute Gasteiger partial charge is 0.203 e. The molecule has 0 aliphatic heterocycles. The van der Waals surface area contributed by atoms with Crippen molar-refractivity contribution in [1.82, 2.24) is 0 Å². The van der Waals surface area contributed by atoms with E-state index in [-0.39, 0.29) is 45.6 Å². The fraction of sp³-hybridized carbons (Fsp3) is 0.333. The van der Waals surface area contributed by atoms with Gasteiger partial charge in [0.25, 0.3) is 0 Å². The van der Waals surface area contributed by atoms with Crippen LogP contribution in [0.4, 0.5) is 0 Å². The summed E-state index contributed by atoms with van der Waals surface area (Å²) in [6.07, 6.45) is 6.31. The van der Waals surface area contributed by atoms with E-state index >= 15 is 8.42 Å². The van der Waals surface area contributed by atoms with Gasteiger partial charge in [-0.05, 0) is 47.5 Å². The van der Waals surface area contributed by atoms with E-state index in [1.54, 1.807) is 60.7 Å². The van der Waals surface area contributed by atoms with Crippen molar-refractivity contribution in [3.8, 4) is 69.0 Å². The highest BCUT2D eigenvalue weighted by atomic mass is 32.2. The van der Waals surface area contributed by atoms with Gasteiger partial charge in [-0.2, -0.15) is 0 Å². The standard InChI is InChI=1S/C42H50O14S/c1-45-27-21-31(47-3)29(32(22-27)48-4)13-15-39(25-17-35(51-7)41(55-11)36(18-25)52-8)57(43,44)40(26-19-37(53-9)42(56-12)38(20-26)54-10)16-14-30-33(49-5)23-28(46-2)24-34(30)50-6/h13-24,39-40H,1-12H3. The number of rotatable bonds is 20. The van der Waals surface area contributed by atoms with Crippen molar-refractivity contribution in [3.05, 3.63) is 82.9 Å². The molecule has 4 aromatic carbocycles. The van der Waals surface area contributed by atoms with Crippen LogP contribution in [0.5, 0.6) is 69.0 Å². The van der Waals surface area contributed by atoms with Crippen LogP contribution in [-0.2, 0) is 9.84 Å². The molecule has 0 bridgehead atoms. The second-order valence-electron chi connectivity index (χ2n) is 12.0. The van der Waals surface area contributed by atoms with Gasteiger partial charge in [-0.15, -0.1) is 0 Å². The van der Waals surface area contributed by atoms with E-state index in [2.05, 4.69) is 0 Å². The molecule has 0 spiro atoms. The zero-order valence-electron chi connectivity index (χ0n) is 34.2. The highest BCUT2D eigenvalue weighted by Gasteiger charge is 2.36. The Morgan fingerprint density at radius 1 is 0.368 bits per heavy atom. The van der Waals surface area contributed by atoms with Crippen molar-refractivity contribution in [3.63, 3.8) is 0 Å². The number of sulfone groups is 1. The molecule has 0 aliphatic carbocycles. The summed E-state index contributed by atoms with van der Waals surface area (Å²) in [5.74, 6) is 4.00. The van der Waals surface area contributed by atoms with E-state index in [0.29, 0.717) is 45.6 Å². The van der Waals surface area contributed by atoms with Gasteiger partial charge in [-0.3, -0.25) is 0 Å². The monoisotopic (exact) mass is 810 g/mol. The van der Waals surface area contributed by atoms with Gasteiger partial charge in [-0.25, -0.2) is 8.42 Å². The van der Waals surface area contributed by atoms with Gasteiger partial charge >= 0.3 is 0 Å². The molecule has 57 heavy (non-hydrogen) atoms. The molecule has 2 unspecified atom stereocenters. The van der Waals surface area contributed by atoms with E-state index < -0.39 is 20.3 Å². The Morgan fingerprint density at radius 3 is 0.842 bits per heavy atom. The normalized spacial score (nSPS) is 12.4.